The molecule has 0 fully saturated rings. The van der Waals surface area contributed by atoms with E-state index in [-0.39, 0.29) is 18.1 Å². The number of hydrogen-bond acceptors (Lipinski definition) is 7. The van der Waals surface area contributed by atoms with Gasteiger partial charge >= 0.3 is 0 Å². The molecule has 2 aromatic carbocycles. The molecule has 10 nitrogen and oxygen atoms in total. The summed E-state index contributed by atoms with van der Waals surface area (Å²) in [6, 6.07) is 14.1. The first-order valence-electron chi connectivity index (χ1n) is 9.72. The molecule has 0 saturated carbocycles. The van der Waals surface area contributed by atoms with Crippen LogP contribution in [0.1, 0.15) is 5.56 Å². The van der Waals surface area contributed by atoms with Crippen molar-refractivity contribution in [1.82, 2.24) is 15.1 Å². The number of aromatic nitrogens is 2. The molecule has 0 spiro atoms. The number of amides is 1. The molecule has 1 heterocycles. The van der Waals surface area contributed by atoms with Crippen LogP contribution >= 0.6 is 0 Å². The topological polar surface area (TPSA) is 126 Å². The Hall–Kier alpha value is -4.21. The number of carbonyl (C=O) groups excluding carboxylic acids is 1. The van der Waals surface area contributed by atoms with Crippen LogP contribution in [-0.2, 0) is 17.8 Å². The highest BCUT2D eigenvalue weighted by molar-refractivity contribution is 5.75. The van der Waals surface area contributed by atoms with Gasteiger partial charge in [0, 0.05) is 30.3 Å². The van der Waals surface area contributed by atoms with Crippen molar-refractivity contribution in [1.29, 1.82) is 0 Å². The van der Waals surface area contributed by atoms with E-state index in [0.29, 0.717) is 35.7 Å². The number of ether oxygens (including phenoxy) is 2. The number of rotatable bonds is 9. The van der Waals surface area contributed by atoms with Gasteiger partial charge < -0.3 is 14.8 Å². The van der Waals surface area contributed by atoms with Gasteiger partial charge in [0.1, 0.15) is 6.54 Å². The van der Waals surface area contributed by atoms with Crippen molar-refractivity contribution in [3.05, 3.63) is 80.6 Å². The van der Waals surface area contributed by atoms with Gasteiger partial charge in [0.25, 0.3) is 11.2 Å². The molecule has 3 rings (SSSR count). The maximum atomic E-state index is 12.3. The molecule has 1 N–H and O–H groups in total. The maximum Gasteiger partial charge on any atom is 0.270 e. The highest BCUT2D eigenvalue weighted by Crippen LogP contribution is 2.27. The zero-order chi connectivity index (χ0) is 23.1. The number of hydrogen-bond donors (Lipinski definition) is 1. The molecule has 0 atom stereocenters. The van der Waals surface area contributed by atoms with E-state index >= 15 is 0 Å². The highest BCUT2D eigenvalue weighted by Gasteiger charge is 2.11. The molecule has 0 bridgehead atoms. The second kappa shape index (κ2) is 10.2. The van der Waals surface area contributed by atoms with E-state index in [9.17, 15) is 19.7 Å². The first kappa shape index (κ1) is 22.5. The van der Waals surface area contributed by atoms with Gasteiger partial charge in [-0.3, -0.25) is 19.7 Å². The van der Waals surface area contributed by atoms with Crippen molar-refractivity contribution in [2.45, 2.75) is 13.0 Å². The molecule has 0 unspecified atom stereocenters. The van der Waals surface area contributed by atoms with Gasteiger partial charge in [-0.25, -0.2) is 4.68 Å². The number of benzene rings is 2. The molecular weight excluding hydrogens is 416 g/mol. The van der Waals surface area contributed by atoms with E-state index in [0.717, 1.165) is 10.2 Å². The monoisotopic (exact) mass is 438 g/mol. The van der Waals surface area contributed by atoms with Crippen LogP contribution in [0.15, 0.2) is 59.4 Å². The molecule has 166 valence electrons. The van der Waals surface area contributed by atoms with Crippen molar-refractivity contribution < 1.29 is 19.2 Å². The number of nitrogens with zero attached hydrogens (tertiary/aromatic N) is 3. The summed E-state index contributed by atoms with van der Waals surface area (Å²) in [6.45, 7) is 0.0845. The normalized spacial score (nSPS) is 10.4. The molecule has 0 aliphatic carbocycles. The predicted molar refractivity (Wildman–Crippen MR) is 117 cm³/mol. The molecular formula is C22H22N4O6. The number of non-ortho nitro benzene ring substituents is 1. The largest absolute Gasteiger partial charge is 0.493 e. The predicted octanol–water partition coefficient (Wildman–Crippen LogP) is 2.19. The number of nitrogens with one attached hydrogen (secondary N) is 1. The second-order valence-electron chi connectivity index (χ2n) is 6.81. The van der Waals surface area contributed by atoms with E-state index in [4.69, 9.17) is 9.47 Å². The first-order chi connectivity index (χ1) is 15.4. The summed E-state index contributed by atoms with van der Waals surface area (Å²) in [6.07, 6.45) is 0.558. The number of nitro groups is 1. The Morgan fingerprint density at radius 3 is 2.59 bits per heavy atom. The average Bonchev–Trinajstić information content (AvgIpc) is 2.80. The van der Waals surface area contributed by atoms with Crippen LogP contribution in [-0.4, -0.2) is 41.4 Å². The van der Waals surface area contributed by atoms with E-state index < -0.39 is 10.5 Å². The lowest BCUT2D eigenvalue weighted by molar-refractivity contribution is -0.384. The molecule has 32 heavy (non-hydrogen) atoms. The zero-order valence-corrected chi connectivity index (χ0v) is 17.6. The smallest absolute Gasteiger partial charge is 0.270 e. The minimum atomic E-state index is -0.509. The minimum absolute atomic E-state index is 0.0880. The average molecular weight is 438 g/mol. The van der Waals surface area contributed by atoms with Crippen molar-refractivity contribution in [2.24, 2.45) is 0 Å². The van der Waals surface area contributed by atoms with Gasteiger partial charge in [-0.2, -0.15) is 5.10 Å². The van der Waals surface area contributed by atoms with Gasteiger partial charge in [-0.1, -0.05) is 18.2 Å². The van der Waals surface area contributed by atoms with Gasteiger partial charge in [-0.05, 0) is 30.2 Å². The molecule has 1 aromatic heterocycles. The van der Waals surface area contributed by atoms with Gasteiger partial charge in [0.2, 0.25) is 5.91 Å². The number of methoxy groups -OCH3 is 2. The van der Waals surface area contributed by atoms with Crippen LogP contribution in [0, 0.1) is 10.1 Å². The van der Waals surface area contributed by atoms with E-state index in [1.165, 1.54) is 30.3 Å². The van der Waals surface area contributed by atoms with Crippen molar-refractivity contribution in [2.75, 3.05) is 20.8 Å². The van der Waals surface area contributed by atoms with Crippen LogP contribution < -0.4 is 20.3 Å². The number of carbonyl (C=O) groups is 1. The molecule has 0 aliphatic heterocycles. The summed E-state index contributed by atoms with van der Waals surface area (Å²) in [5, 5.41) is 17.9. The summed E-state index contributed by atoms with van der Waals surface area (Å²) < 4.78 is 11.5. The van der Waals surface area contributed by atoms with E-state index in [2.05, 4.69) is 10.4 Å². The molecule has 0 radical (unpaired) electrons. The van der Waals surface area contributed by atoms with Gasteiger partial charge in [-0.15, -0.1) is 0 Å². The third kappa shape index (κ3) is 5.48. The fourth-order valence-corrected chi connectivity index (χ4v) is 3.07. The summed E-state index contributed by atoms with van der Waals surface area (Å²) >= 11 is 0. The second-order valence-corrected chi connectivity index (χ2v) is 6.81. The van der Waals surface area contributed by atoms with Gasteiger partial charge in [0.15, 0.2) is 11.5 Å². The Bertz CT molecular complexity index is 1190. The molecule has 0 aliphatic rings. The Labute approximate surface area is 183 Å². The maximum absolute atomic E-state index is 12.3. The van der Waals surface area contributed by atoms with Crippen molar-refractivity contribution >= 4 is 11.6 Å². The number of nitro benzene ring substituents is 1. The van der Waals surface area contributed by atoms with Gasteiger partial charge in [0.05, 0.1) is 24.8 Å². The lowest BCUT2D eigenvalue weighted by atomic mass is 10.1. The summed E-state index contributed by atoms with van der Waals surface area (Å²) in [5.41, 5.74) is 1.24. The van der Waals surface area contributed by atoms with Crippen LogP contribution in [0.4, 0.5) is 5.69 Å². The van der Waals surface area contributed by atoms with Crippen molar-refractivity contribution in [3.8, 4) is 22.8 Å². The van der Waals surface area contributed by atoms with Crippen LogP contribution in [0.5, 0.6) is 11.5 Å². The standard InChI is InChI=1S/C22H22N4O6/c1-31-19-8-6-15(12-20(19)32-2)10-11-23-21(27)14-25-22(28)9-7-18(24-25)16-4-3-5-17(13-16)26(29)30/h3-9,12-13H,10-11,14H2,1-2H3,(H,23,27). The van der Waals surface area contributed by atoms with Crippen LogP contribution in [0.25, 0.3) is 11.3 Å². The van der Waals surface area contributed by atoms with E-state index in [1.807, 2.05) is 12.1 Å². The molecule has 3 aromatic rings. The molecule has 0 saturated heterocycles. The highest BCUT2D eigenvalue weighted by atomic mass is 16.6. The van der Waals surface area contributed by atoms with Crippen LogP contribution in [0.2, 0.25) is 0 Å². The molecule has 1 amide bonds. The first-order valence-corrected chi connectivity index (χ1v) is 9.72. The third-order valence-corrected chi connectivity index (χ3v) is 4.70. The van der Waals surface area contributed by atoms with Crippen molar-refractivity contribution in [3.63, 3.8) is 0 Å². The Balaban J connectivity index is 1.64. The Morgan fingerprint density at radius 1 is 1.09 bits per heavy atom. The quantitative estimate of drug-likeness (QED) is 0.401. The summed E-state index contributed by atoms with van der Waals surface area (Å²) in [7, 11) is 3.11. The summed E-state index contributed by atoms with van der Waals surface area (Å²) in [5.74, 6) is 0.843. The SMILES string of the molecule is COc1ccc(CCNC(=O)Cn2nc(-c3cccc([N+](=O)[O-])c3)ccc2=O)cc1OC. The van der Waals surface area contributed by atoms with Crippen LogP contribution in [0.3, 0.4) is 0 Å². The fraction of sp³-hybridized carbons (Fsp3) is 0.227. The van der Waals surface area contributed by atoms with E-state index in [1.54, 1.807) is 26.4 Å². The summed E-state index contributed by atoms with van der Waals surface area (Å²) in [4.78, 5) is 34.9. The lowest BCUT2D eigenvalue weighted by Crippen LogP contribution is -2.34. The minimum Gasteiger partial charge on any atom is -0.493 e. The zero-order valence-electron chi connectivity index (χ0n) is 17.6. The Morgan fingerprint density at radius 2 is 1.88 bits per heavy atom. The fourth-order valence-electron chi connectivity index (χ4n) is 3.07. The lowest BCUT2D eigenvalue weighted by Gasteiger charge is -2.11. The Kier molecular flexibility index (Phi) is 7.17. The molecule has 10 heteroatoms. The third-order valence-electron chi connectivity index (χ3n) is 4.70.